The highest BCUT2D eigenvalue weighted by Gasteiger charge is 2.37. The maximum atomic E-state index is 12.1. The van der Waals surface area contributed by atoms with Crippen LogP contribution in [0.3, 0.4) is 0 Å². The minimum absolute atomic E-state index is 0.0599. The Morgan fingerprint density at radius 1 is 1.19 bits per heavy atom. The summed E-state index contributed by atoms with van der Waals surface area (Å²) in [5.41, 5.74) is 2.80. The van der Waals surface area contributed by atoms with E-state index in [1.807, 2.05) is 39.8 Å². The molecule has 0 bridgehead atoms. The van der Waals surface area contributed by atoms with Crippen LogP contribution in [0.2, 0.25) is 0 Å². The minimum atomic E-state index is -0.542. The number of anilines is 1. The molecule has 1 aromatic carbocycles. The molecule has 0 unspecified atom stereocenters. The van der Waals surface area contributed by atoms with Gasteiger partial charge in [-0.05, 0) is 38.8 Å². The van der Waals surface area contributed by atoms with Gasteiger partial charge >= 0.3 is 0 Å². The van der Waals surface area contributed by atoms with Crippen molar-refractivity contribution in [2.75, 3.05) is 11.4 Å². The number of amides is 2. The van der Waals surface area contributed by atoms with Crippen molar-refractivity contribution in [3.05, 3.63) is 28.8 Å². The van der Waals surface area contributed by atoms with Gasteiger partial charge in [-0.25, -0.2) is 0 Å². The first-order valence-corrected chi connectivity index (χ1v) is 7.08. The Balaban J connectivity index is 2.24. The number of hydrogen-bond donors (Lipinski definition) is 1. The van der Waals surface area contributed by atoms with E-state index < -0.39 is 11.7 Å². The second kappa shape index (κ2) is 5.68. The molecule has 5 heteroatoms. The van der Waals surface area contributed by atoms with Gasteiger partial charge in [-0.3, -0.25) is 14.4 Å². The summed E-state index contributed by atoms with van der Waals surface area (Å²) in [4.78, 5) is 37.4. The molecule has 0 fully saturated rings. The fraction of sp³-hybridized carbons (Fsp3) is 0.438. The lowest BCUT2D eigenvalue weighted by atomic mass is 10.0. The highest BCUT2D eigenvalue weighted by Crippen LogP contribution is 2.34. The summed E-state index contributed by atoms with van der Waals surface area (Å²) >= 11 is 0. The Labute approximate surface area is 124 Å². The number of aryl methyl sites for hydroxylation is 2. The SMILES string of the molecule is Cc1ccc(C)c2c1C(=O)C(=O)N2CCC(=O)NC(C)C. The van der Waals surface area contributed by atoms with Gasteiger partial charge in [0.2, 0.25) is 5.91 Å². The molecule has 0 aliphatic carbocycles. The fourth-order valence-corrected chi connectivity index (χ4v) is 2.58. The number of rotatable bonds is 4. The largest absolute Gasteiger partial charge is 0.354 e. The second-order valence-corrected chi connectivity index (χ2v) is 5.68. The van der Waals surface area contributed by atoms with Gasteiger partial charge in [-0.1, -0.05) is 12.1 Å². The van der Waals surface area contributed by atoms with Crippen molar-refractivity contribution in [2.24, 2.45) is 0 Å². The normalized spacial score (nSPS) is 13.9. The van der Waals surface area contributed by atoms with Crippen LogP contribution < -0.4 is 10.2 Å². The molecule has 2 rings (SSSR count). The third-order valence-electron chi connectivity index (χ3n) is 3.54. The Bertz CT molecular complexity index is 620. The predicted octanol–water partition coefficient (Wildman–Crippen LogP) is 1.75. The zero-order valence-electron chi connectivity index (χ0n) is 12.8. The van der Waals surface area contributed by atoms with E-state index in [9.17, 15) is 14.4 Å². The monoisotopic (exact) mass is 288 g/mol. The Morgan fingerprint density at radius 2 is 1.81 bits per heavy atom. The van der Waals surface area contributed by atoms with E-state index in [2.05, 4.69) is 5.32 Å². The summed E-state index contributed by atoms with van der Waals surface area (Å²) in [7, 11) is 0. The molecule has 112 valence electrons. The molecule has 1 heterocycles. The maximum absolute atomic E-state index is 12.1. The Morgan fingerprint density at radius 3 is 2.43 bits per heavy atom. The summed E-state index contributed by atoms with van der Waals surface area (Å²) in [6.45, 7) is 7.67. The second-order valence-electron chi connectivity index (χ2n) is 5.68. The zero-order valence-corrected chi connectivity index (χ0v) is 12.8. The first-order valence-electron chi connectivity index (χ1n) is 7.08. The van der Waals surface area contributed by atoms with Crippen LogP contribution in [-0.4, -0.2) is 30.2 Å². The van der Waals surface area contributed by atoms with Gasteiger partial charge in [0.15, 0.2) is 0 Å². The van der Waals surface area contributed by atoms with Gasteiger partial charge in [0.25, 0.3) is 11.7 Å². The predicted molar refractivity (Wildman–Crippen MR) is 80.5 cm³/mol. The average Bonchev–Trinajstić information content (AvgIpc) is 2.65. The molecule has 1 N–H and O–H groups in total. The third-order valence-corrected chi connectivity index (χ3v) is 3.54. The number of benzene rings is 1. The fourth-order valence-electron chi connectivity index (χ4n) is 2.58. The zero-order chi connectivity index (χ0) is 15.7. The van der Waals surface area contributed by atoms with Crippen LogP contribution in [0.5, 0.6) is 0 Å². The minimum Gasteiger partial charge on any atom is -0.354 e. The molecule has 2 amide bonds. The van der Waals surface area contributed by atoms with E-state index in [0.717, 1.165) is 11.1 Å². The standard InChI is InChI=1S/C16H20N2O3/c1-9(2)17-12(19)7-8-18-14-11(4)6-5-10(3)13(14)15(20)16(18)21/h5-6,9H,7-8H2,1-4H3,(H,17,19). The Hall–Kier alpha value is -2.17. The van der Waals surface area contributed by atoms with Crippen molar-refractivity contribution in [2.45, 2.75) is 40.2 Å². The van der Waals surface area contributed by atoms with Gasteiger partial charge in [-0.2, -0.15) is 0 Å². The van der Waals surface area contributed by atoms with Crippen LogP contribution in [0.25, 0.3) is 0 Å². The Kier molecular flexibility index (Phi) is 4.11. The number of fused-ring (bicyclic) bond motifs is 1. The number of nitrogens with one attached hydrogen (secondary N) is 1. The van der Waals surface area contributed by atoms with Crippen molar-refractivity contribution in [3.63, 3.8) is 0 Å². The topological polar surface area (TPSA) is 66.5 Å². The van der Waals surface area contributed by atoms with E-state index in [0.29, 0.717) is 11.3 Å². The van der Waals surface area contributed by atoms with Gasteiger partial charge in [0, 0.05) is 19.0 Å². The van der Waals surface area contributed by atoms with E-state index in [1.165, 1.54) is 4.90 Å². The molecule has 21 heavy (non-hydrogen) atoms. The lowest BCUT2D eigenvalue weighted by Crippen LogP contribution is -2.36. The lowest BCUT2D eigenvalue weighted by Gasteiger charge is -2.19. The van der Waals surface area contributed by atoms with Crippen molar-refractivity contribution in [3.8, 4) is 0 Å². The van der Waals surface area contributed by atoms with Crippen LogP contribution in [0.15, 0.2) is 12.1 Å². The molecule has 0 aromatic heterocycles. The van der Waals surface area contributed by atoms with E-state index in [4.69, 9.17) is 0 Å². The first kappa shape index (κ1) is 15.2. The summed E-state index contributed by atoms with van der Waals surface area (Å²) in [6, 6.07) is 3.79. The van der Waals surface area contributed by atoms with Crippen molar-refractivity contribution in [1.82, 2.24) is 5.32 Å². The van der Waals surface area contributed by atoms with Crippen LogP contribution in [0.1, 0.15) is 41.8 Å². The first-order chi connectivity index (χ1) is 9.82. The smallest absolute Gasteiger partial charge is 0.299 e. The van der Waals surface area contributed by atoms with Crippen LogP contribution in [-0.2, 0) is 9.59 Å². The number of hydrogen-bond acceptors (Lipinski definition) is 3. The van der Waals surface area contributed by atoms with Gasteiger partial charge in [0.1, 0.15) is 0 Å². The van der Waals surface area contributed by atoms with Gasteiger partial charge in [0.05, 0.1) is 11.3 Å². The molecule has 1 aliphatic heterocycles. The quantitative estimate of drug-likeness (QED) is 0.858. The number of ketones is 1. The van der Waals surface area contributed by atoms with Crippen LogP contribution in [0.4, 0.5) is 5.69 Å². The van der Waals surface area contributed by atoms with Crippen molar-refractivity contribution in [1.29, 1.82) is 0 Å². The number of carbonyl (C=O) groups excluding carboxylic acids is 3. The molecule has 0 radical (unpaired) electrons. The van der Waals surface area contributed by atoms with Gasteiger partial charge < -0.3 is 10.2 Å². The highest BCUT2D eigenvalue weighted by molar-refractivity contribution is 6.52. The number of nitrogens with zero attached hydrogens (tertiary/aromatic N) is 1. The van der Waals surface area contributed by atoms with E-state index in [-0.39, 0.29) is 24.9 Å². The molecule has 0 saturated heterocycles. The summed E-state index contributed by atoms with van der Waals surface area (Å²) < 4.78 is 0. The highest BCUT2D eigenvalue weighted by atomic mass is 16.2. The van der Waals surface area contributed by atoms with E-state index >= 15 is 0 Å². The summed E-state index contributed by atoms with van der Waals surface area (Å²) in [6.07, 6.45) is 0.185. The molecule has 0 saturated carbocycles. The molecule has 1 aliphatic rings. The molecular weight excluding hydrogens is 268 g/mol. The van der Waals surface area contributed by atoms with Crippen molar-refractivity contribution < 1.29 is 14.4 Å². The summed E-state index contributed by atoms with van der Waals surface area (Å²) in [5.74, 6) is -1.14. The maximum Gasteiger partial charge on any atom is 0.299 e. The number of Topliss-reactive ketones (excluding diaryl/α,β-unsaturated/α-hetero) is 1. The molecule has 0 spiro atoms. The van der Waals surface area contributed by atoms with Crippen LogP contribution >= 0.6 is 0 Å². The molecule has 5 nitrogen and oxygen atoms in total. The third kappa shape index (κ3) is 2.82. The number of carbonyl (C=O) groups is 3. The van der Waals surface area contributed by atoms with E-state index in [1.54, 1.807) is 0 Å². The average molecular weight is 288 g/mol. The summed E-state index contributed by atoms with van der Waals surface area (Å²) in [5, 5.41) is 2.78. The molecular formula is C16H20N2O3. The molecule has 1 aromatic rings. The lowest BCUT2D eigenvalue weighted by molar-refractivity contribution is -0.121. The van der Waals surface area contributed by atoms with Gasteiger partial charge in [-0.15, -0.1) is 0 Å². The molecule has 0 atom stereocenters. The van der Waals surface area contributed by atoms with Crippen LogP contribution in [0, 0.1) is 13.8 Å². The van der Waals surface area contributed by atoms with Crippen molar-refractivity contribution >= 4 is 23.3 Å².